The van der Waals surface area contributed by atoms with E-state index in [0.717, 1.165) is 19.3 Å². The molecule has 0 radical (unpaired) electrons. The van der Waals surface area contributed by atoms with Gasteiger partial charge in [0.15, 0.2) is 0 Å². The van der Waals surface area contributed by atoms with Gasteiger partial charge in [0.1, 0.15) is 5.78 Å². The Kier molecular flexibility index (Phi) is 4.40. The van der Waals surface area contributed by atoms with Crippen LogP contribution in [0.25, 0.3) is 0 Å². The number of Topliss-reactive ketones (excluding diaryl/α,β-unsaturated/α-hetero) is 1. The van der Waals surface area contributed by atoms with Crippen molar-refractivity contribution in [2.75, 3.05) is 24.6 Å². The Morgan fingerprint density at radius 1 is 1.27 bits per heavy atom. The van der Waals surface area contributed by atoms with E-state index in [-0.39, 0.29) is 0 Å². The Balaban J connectivity index is 1.96. The number of hydrogen-bond acceptors (Lipinski definition) is 4. The van der Waals surface area contributed by atoms with E-state index in [2.05, 4.69) is 11.8 Å². The molecular formula is C11H19NOS2. The lowest BCUT2D eigenvalue weighted by atomic mass is 9.84. The molecule has 2 unspecified atom stereocenters. The highest BCUT2D eigenvalue weighted by molar-refractivity contribution is 8.76. The minimum absolute atomic E-state index is 0.475. The Labute approximate surface area is 99.9 Å². The van der Waals surface area contributed by atoms with Gasteiger partial charge in [0.2, 0.25) is 0 Å². The van der Waals surface area contributed by atoms with Gasteiger partial charge in [-0.25, -0.2) is 0 Å². The normalized spacial score (nSPS) is 35.1. The number of hydrogen-bond donors (Lipinski definition) is 0. The minimum atomic E-state index is 0.475. The number of carbonyl (C=O) groups is 1. The zero-order valence-corrected chi connectivity index (χ0v) is 10.9. The van der Waals surface area contributed by atoms with Crippen LogP contribution >= 0.6 is 21.6 Å². The van der Waals surface area contributed by atoms with Crippen LogP contribution < -0.4 is 0 Å². The molecule has 0 N–H and O–H groups in total. The van der Waals surface area contributed by atoms with Crippen LogP contribution in [-0.2, 0) is 4.79 Å². The Bertz CT molecular complexity index is 227. The molecule has 0 amide bonds. The number of carbonyl (C=O) groups excluding carboxylic acids is 1. The summed E-state index contributed by atoms with van der Waals surface area (Å²) in [6.45, 7) is 4.64. The van der Waals surface area contributed by atoms with Crippen molar-refractivity contribution in [2.24, 2.45) is 5.92 Å². The smallest absolute Gasteiger partial charge is 0.134 e. The molecule has 1 aliphatic carbocycles. The van der Waals surface area contributed by atoms with Gasteiger partial charge < -0.3 is 0 Å². The van der Waals surface area contributed by atoms with E-state index in [1.54, 1.807) is 0 Å². The molecule has 1 aliphatic heterocycles. The summed E-state index contributed by atoms with van der Waals surface area (Å²) in [5, 5.41) is 0. The molecule has 1 saturated carbocycles. The molecule has 4 heteroatoms. The molecule has 1 heterocycles. The van der Waals surface area contributed by atoms with Gasteiger partial charge in [0, 0.05) is 43.5 Å². The van der Waals surface area contributed by atoms with Crippen LogP contribution in [0.15, 0.2) is 0 Å². The zero-order chi connectivity index (χ0) is 10.7. The van der Waals surface area contributed by atoms with Crippen molar-refractivity contribution in [1.29, 1.82) is 0 Å². The van der Waals surface area contributed by atoms with Crippen molar-refractivity contribution >= 4 is 27.4 Å². The SMILES string of the molecule is CC1CCC(=O)CC1N1CCSSCC1. The lowest BCUT2D eigenvalue weighted by Gasteiger charge is -2.37. The van der Waals surface area contributed by atoms with Crippen molar-refractivity contribution in [2.45, 2.75) is 32.2 Å². The molecule has 2 nitrogen and oxygen atoms in total. The van der Waals surface area contributed by atoms with Crippen molar-refractivity contribution in [3.63, 3.8) is 0 Å². The molecule has 1 saturated heterocycles. The Morgan fingerprint density at radius 3 is 2.60 bits per heavy atom. The number of rotatable bonds is 1. The highest BCUT2D eigenvalue weighted by Crippen LogP contribution is 2.30. The van der Waals surface area contributed by atoms with E-state index in [9.17, 15) is 4.79 Å². The van der Waals surface area contributed by atoms with Crippen LogP contribution in [0.4, 0.5) is 0 Å². The molecule has 0 spiro atoms. The van der Waals surface area contributed by atoms with Gasteiger partial charge in [-0.1, -0.05) is 28.5 Å². The first kappa shape index (κ1) is 11.8. The maximum absolute atomic E-state index is 11.5. The maximum atomic E-state index is 11.5. The van der Waals surface area contributed by atoms with E-state index in [0.29, 0.717) is 17.7 Å². The largest absolute Gasteiger partial charge is 0.300 e. The van der Waals surface area contributed by atoms with E-state index in [1.807, 2.05) is 21.6 Å². The second-order valence-electron chi connectivity index (χ2n) is 4.51. The zero-order valence-electron chi connectivity index (χ0n) is 9.28. The third-order valence-corrected chi connectivity index (χ3v) is 5.81. The molecule has 86 valence electrons. The summed E-state index contributed by atoms with van der Waals surface area (Å²) < 4.78 is 0. The minimum Gasteiger partial charge on any atom is -0.300 e. The first-order valence-corrected chi connectivity index (χ1v) is 8.26. The van der Waals surface area contributed by atoms with Crippen LogP contribution in [0, 0.1) is 5.92 Å². The lowest BCUT2D eigenvalue weighted by Crippen LogP contribution is -2.45. The fourth-order valence-corrected chi connectivity index (χ4v) is 4.48. The summed E-state index contributed by atoms with van der Waals surface area (Å²) >= 11 is 0. The maximum Gasteiger partial charge on any atom is 0.134 e. The Hall–Kier alpha value is 0.330. The summed E-state index contributed by atoms with van der Waals surface area (Å²) in [4.78, 5) is 14.1. The fraction of sp³-hybridized carbons (Fsp3) is 0.909. The van der Waals surface area contributed by atoms with E-state index in [4.69, 9.17) is 0 Å². The van der Waals surface area contributed by atoms with E-state index >= 15 is 0 Å². The Morgan fingerprint density at radius 2 is 1.93 bits per heavy atom. The lowest BCUT2D eigenvalue weighted by molar-refractivity contribution is -0.123. The van der Waals surface area contributed by atoms with Gasteiger partial charge in [0.25, 0.3) is 0 Å². The first-order chi connectivity index (χ1) is 7.27. The predicted molar refractivity (Wildman–Crippen MR) is 68.3 cm³/mol. The van der Waals surface area contributed by atoms with Crippen LogP contribution in [0.2, 0.25) is 0 Å². The number of ketones is 1. The fourth-order valence-electron chi connectivity index (χ4n) is 2.48. The summed E-state index contributed by atoms with van der Waals surface area (Å²) in [7, 11) is 3.95. The first-order valence-electron chi connectivity index (χ1n) is 5.77. The van der Waals surface area contributed by atoms with Gasteiger partial charge in [-0.05, 0) is 12.3 Å². The molecule has 2 atom stereocenters. The van der Waals surface area contributed by atoms with Crippen LogP contribution in [0.3, 0.4) is 0 Å². The summed E-state index contributed by atoms with van der Waals surface area (Å²) in [5.41, 5.74) is 0. The second kappa shape index (κ2) is 5.60. The van der Waals surface area contributed by atoms with Gasteiger partial charge in [0.05, 0.1) is 0 Å². The van der Waals surface area contributed by atoms with Gasteiger partial charge in [-0.3, -0.25) is 9.69 Å². The highest BCUT2D eigenvalue weighted by Gasteiger charge is 2.31. The third kappa shape index (κ3) is 3.14. The van der Waals surface area contributed by atoms with Crippen molar-refractivity contribution in [1.82, 2.24) is 4.90 Å². The second-order valence-corrected chi connectivity index (χ2v) is 7.21. The molecule has 0 bridgehead atoms. The molecule has 2 aliphatic rings. The summed E-state index contributed by atoms with van der Waals surface area (Å²) in [5.74, 6) is 3.60. The molecule has 2 fully saturated rings. The molecular weight excluding hydrogens is 226 g/mol. The van der Waals surface area contributed by atoms with E-state index in [1.165, 1.54) is 24.6 Å². The monoisotopic (exact) mass is 245 g/mol. The topological polar surface area (TPSA) is 20.3 Å². The third-order valence-electron chi connectivity index (χ3n) is 3.45. The van der Waals surface area contributed by atoms with Crippen LogP contribution in [-0.4, -0.2) is 41.3 Å². The molecule has 0 aromatic heterocycles. The molecule has 0 aromatic carbocycles. The highest BCUT2D eigenvalue weighted by atomic mass is 33.1. The van der Waals surface area contributed by atoms with Gasteiger partial charge >= 0.3 is 0 Å². The summed E-state index contributed by atoms with van der Waals surface area (Å²) in [6.07, 6.45) is 2.71. The molecule has 0 aromatic rings. The number of nitrogens with zero attached hydrogens (tertiary/aromatic N) is 1. The van der Waals surface area contributed by atoms with E-state index < -0.39 is 0 Å². The average molecular weight is 245 g/mol. The average Bonchev–Trinajstić information content (AvgIpc) is 2.50. The van der Waals surface area contributed by atoms with Crippen LogP contribution in [0.5, 0.6) is 0 Å². The van der Waals surface area contributed by atoms with Crippen molar-refractivity contribution in [3.8, 4) is 0 Å². The summed E-state index contributed by atoms with van der Waals surface area (Å²) in [6, 6.07) is 0.533. The molecule has 2 rings (SSSR count). The predicted octanol–water partition coefficient (Wildman–Crippen LogP) is 2.44. The standard InChI is InChI=1S/C11H19NOS2/c1-9-2-3-10(13)8-11(9)12-4-6-14-15-7-5-12/h9,11H,2-8H2,1H3. The van der Waals surface area contributed by atoms with Crippen LogP contribution in [0.1, 0.15) is 26.2 Å². The molecule has 15 heavy (non-hydrogen) atoms. The van der Waals surface area contributed by atoms with Gasteiger partial charge in [-0.2, -0.15) is 0 Å². The quantitative estimate of drug-likeness (QED) is 0.661. The van der Waals surface area contributed by atoms with Crippen molar-refractivity contribution < 1.29 is 4.79 Å². The van der Waals surface area contributed by atoms with Crippen molar-refractivity contribution in [3.05, 3.63) is 0 Å². The van der Waals surface area contributed by atoms with Gasteiger partial charge in [-0.15, -0.1) is 0 Å².